The number of hydrogen-bond acceptors (Lipinski definition) is 4. The molecule has 2 heterocycles. The van der Waals surface area contributed by atoms with Crippen molar-refractivity contribution < 1.29 is 4.79 Å². The molecule has 0 aliphatic carbocycles. The largest absolute Gasteiger partial charge is 0.349 e. The van der Waals surface area contributed by atoms with E-state index in [1.165, 1.54) is 6.42 Å². The summed E-state index contributed by atoms with van der Waals surface area (Å²) in [6, 6.07) is 1.99. The Kier molecular flexibility index (Phi) is 5.06. The van der Waals surface area contributed by atoms with Gasteiger partial charge in [-0.05, 0) is 38.8 Å². The van der Waals surface area contributed by atoms with Crippen molar-refractivity contribution in [3.8, 4) is 0 Å². The van der Waals surface area contributed by atoms with Crippen molar-refractivity contribution in [2.24, 2.45) is 0 Å². The Labute approximate surface area is 120 Å². The van der Waals surface area contributed by atoms with Gasteiger partial charge in [-0.3, -0.25) is 4.79 Å². The number of piperidine rings is 1. The molecule has 1 saturated heterocycles. The summed E-state index contributed by atoms with van der Waals surface area (Å²) >= 11 is 0. The second kappa shape index (κ2) is 6.79. The number of nitrogens with zero attached hydrogens (tertiary/aromatic N) is 3. The van der Waals surface area contributed by atoms with Gasteiger partial charge in [-0.25, -0.2) is 9.97 Å². The molecule has 1 amide bonds. The van der Waals surface area contributed by atoms with Gasteiger partial charge in [0.15, 0.2) is 0 Å². The van der Waals surface area contributed by atoms with E-state index in [1.54, 1.807) is 19.0 Å². The van der Waals surface area contributed by atoms with Crippen molar-refractivity contribution in [2.45, 2.75) is 38.5 Å². The smallest absolute Gasteiger partial charge is 0.222 e. The number of aromatic nitrogens is 2. The fourth-order valence-electron chi connectivity index (χ4n) is 2.50. The van der Waals surface area contributed by atoms with Crippen LogP contribution in [0.3, 0.4) is 0 Å². The molecule has 5 heteroatoms. The maximum atomic E-state index is 11.7. The molecule has 0 bridgehead atoms. The second-order valence-corrected chi connectivity index (χ2v) is 5.69. The summed E-state index contributed by atoms with van der Waals surface area (Å²) in [5, 5.41) is 3.40. The molecule has 20 heavy (non-hydrogen) atoms. The minimum Gasteiger partial charge on any atom is -0.349 e. The van der Waals surface area contributed by atoms with Crippen molar-refractivity contribution >= 4 is 5.91 Å². The molecule has 5 nitrogen and oxygen atoms in total. The topological polar surface area (TPSA) is 58.1 Å². The van der Waals surface area contributed by atoms with Crippen LogP contribution < -0.4 is 5.32 Å². The second-order valence-electron chi connectivity index (χ2n) is 5.69. The van der Waals surface area contributed by atoms with Crippen molar-refractivity contribution in [1.82, 2.24) is 20.2 Å². The van der Waals surface area contributed by atoms with E-state index in [9.17, 15) is 4.79 Å². The van der Waals surface area contributed by atoms with E-state index >= 15 is 0 Å². The third-order valence-corrected chi connectivity index (χ3v) is 3.68. The Hall–Kier alpha value is -1.49. The molecule has 1 fully saturated rings. The van der Waals surface area contributed by atoms with Gasteiger partial charge in [0.2, 0.25) is 5.91 Å². The highest BCUT2D eigenvalue weighted by molar-refractivity contribution is 5.75. The van der Waals surface area contributed by atoms with Gasteiger partial charge in [0.05, 0.1) is 0 Å². The molecule has 1 unspecified atom stereocenters. The van der Waals surface area contributed by atoms with Gasteiger partial charge < -0.3 is 10.2 Å². The average Bonchev–Trinajstić information content (AvgIpc) is 2.45. The number of rotatable bonds is 4. The van der Waals surface area contributed by atoms with Crippen LogP contribution in [0.15, 0.2) is 6.07 Å². The molecule has 1 aliphatic rings. The standard InChI is InChI=1S/C15H24N4O/c1-11-9-13(6-7-14(20)19(2)3)18-15(17-11)12-5-4-8-16-10-12/h9,12,16H,4-8,10H2,1-3H3. The Morgan fingerprint density at radius 3 is 2.90 bits per heavy atom. The Balaban J connectivity index is 2.06. The molecule has 0 spiro atoms. The van der Waals surface area contributed by atoms with Gasteiger partial charge in [-0.15, -0.1) is 0 Å². The van der Waals surface area contributed by atoms with Gasteiger partial charge in [-0.1, -0.05) is 0 Å². The normalized spacial score (nSPS) is 18.9. The van der Waals surface area contributed by atoms with E-state index in [2.05, 4.69) is 15.3 Å². The number of hydrogen-bond donors (Lipinski definition) is 1. The lowest BCUT2D eigenvalue weighted by molar-refractivity contribution is -0.128. The van der Waals surface area contributed by atoms with Crippen LogP contribution in [0.5, 0.6) is 0 Å². The predicted octanol–water partition coefficient (Wildman–Crippen LogP) is 1.27. The van der Waals surface area contributed by atoms with Crippen molar-refractivity contribution in [1.29, 1.82) is 0 Å². The summed E-state index contributed by atoms with van der Waals surface area (Å²) in [5.74, 6) is 1.48. The summed E-state index contributed by atoms with van der Waals surface area (Å²) in [7, 11) is 3.57. The lowest BCUT2D eigenvalue weighted by Gasteiger charge is -2.22. The third kappa shape index (κ3) is 4.00. The van der Waals surface area contributed by atoms with E-state index < -0.39 is 0 Å². The molecule has 1 aromatic heterocycles. The predicted molar refractivity (Wildman–Crippen MR) is 78.6 cm³/mol. The third-order valence-electron chi connectivity index (χ3n) is 3.68. The summed E-state index contributed by atoms with van der Waals surface area (Å²) in [6.07, 6.45) is 3.52. The molecule has 1 aliphatic heterocycles. The molecule has 110 valence electrons. The Morgan fingerprint density at radius 1 is 1.45 bits per heavy atom. The van der Waals surface area contributed by atoms with E-state index in [0.29, 0.717) is 18.8 Å². The zero-order valence-electron chi connectivity index (χ0n) is 12.6. The van der Waals surface area contributed by atoms with Crippen LogP contribution >= 0.6 is 0 Å². The first kappa shape index (κ1) is 14.9. The highest BCUT2D eigenvalue weighted by atomic mass is 16.2. The van der Waals surface area contributed by atoms with Gasteiger partial charge in [-0.2, -0.15) is 0 Å². The minimum atomic E-state index is 0.141. The van der Waals surface area contributed by atoms with Crippen LogP contribution in [-0.4, -0.2) is 48.0 Å². The van der Waals surface area contributed by atoms with Gasteiger partial charge in [0.1, 0.15) is 5.82 Å². The summed E-state index contributed by atoms with van der Waals surface area (Å²) < 4.78 is 0. The number of amides is 1. The summed E-state index contributed by atoms with van der Waals surface area (Å²) in [6.45, 7) is 4.05. The van der Waals surface area contributed by atoms with Gasteiger partial charge >= 0.3 is 0 Å². The molecule has 1 atom stereocenters. The van der Waals surface area contributed by atoms with Gasteiger partial charge in [0, 0.05) is 44.4 Å². The van der Waals surface area contributed by atoms with E-state index in [4.69, 9.17) is 0 Å². The quantitative estimate of drug-likeness (QED) is 0.900. The Morgan fingerprint density at radius 2 is 2.25 bits per heavy atom. The highest BCUT2D eigenvalue weighted by Gasteiger charge is 2.18. The summed E-state index contributed by atoms with van der Waals surface area (Å²) in [5.41, 5.74) is 1.97. The fraction of sp³-hybridized carbons (Fsp3) is 0.667. The van der Waals surface area contributed by atoms with Crippen LogP contribution in [-0.2, 0) is 11.2 Å². The lowest BCUT2D eigenvalue weighted by Crippen LogP contribution is -2.29. The zero-order valence-corrected chi connectivity index (χ0v) is 12.6. The number of carbonyl (C=O) groups excluding carboxylic acids is 1. The fourth-order valence-corrected chi connectivity index (χ4v) is 2.50. The number of aryl methyl sites for hydroxylation is 2. The summed E-state index contributed by atoms with van der Waals surface area (Å²) in [4.78, 5) is 22.5. The zero-order chi connectivity index (χ0) is 14.5. The molecule has 2 rings (SSSR count). The molecule has 0 aromatic carbocycles. The van der Waals surface area contributed by atoms with E-state index in [-0.39, 0.29) is 5.91 Å². The van der Waals surface area contributed by atoms with E-state index in [1.807, 2.05) is 13.0 Å². The first-order valence-corrected chi connectivity index (χ1v) is 7.31. The van der Waals surface area contributed by atoms with Crippen LogP contribution in [0.1, 0.15) is 42.4 Å². The molecule has 1 N–H and O–H groups in total. The number of carbonyl (C=O) groups is 1. The molecule has 0 radical (unpaired) electrons. The lowest BCUT2D eigenvalue weighted by atomic mass is 9.98. The molecular formula is C15H24N4O. The van der Waals surface area contributed by atoms with Gasteiger partial charge in [0.25, 0.3) is 0 Å². The van der Waals surface area contributed by atoms with Crippen molar-refractivity contribution in [3.05, 3.63) is 23.3 Å². The van der Waals surface area contributed by atoms with Crippen molar-refractivity contribution in [3.63, 3.8) is 0 Å². The Bertz CT molecular complexity index is 467. The van der Waals surface area contributed by atoms with Crippen LogP contribution in [0.25, 0.3) is 0 Å². The molecular weight excluding hydrogens is 252 g/mol. The van der Waals surface area contributed by atoms with Crippen molar-refractivity contribution in [2.75, 3.05) is 27.2 Å². The molecule has 1 aromatic rings. The first-order chi connectivity index (χ1) is 9.56. The maximum absolute atomic E-state index is 11.7. The minimum absolute atomic E-state index is 0.141. The number of nitrogens with one attached hydrogen (secondary N) is 1. The van der Waals surface area contributed by atoms with Crippen LogP contribution in [0, 0.1) is 6.92 Å². The average molecular weight is 276 g/mol. The SMILES string of the molecule is Cc1cc(CCC(=O)N(C)C)nc(C2CCCNC2)n1. The maximum Gasteiger partial charge on any atom is 0.222 e. The van der Waals surface area contributed by atoms with Crippen LogP contribution in [0.2, 0.25) is 0 Å². The highest BCUT2D eigenvalue weighted by Crippen LogP contribution is 2.20. The van der Waals surface area contributed by atoms with E-state index in [0.717, 1.165) is 36.7 Å². The molecule has 0 saturated carbocycles. The first-order valence-electron chi connectivity index (χ1n) is 7.31. The monoisotopic (exact) mass is 276 g/mol. The van der Waals surface area contributed by atoms with Crippen LogP contribution in [0.4, 0.5) is 0 Å².